The second-order valence-electron chi connectivity index (χ2n) is 7.88. The zero-order valence-electron chi connectivity index (χ0n) is 18.1. The van der Waals surface area contributed by atoms with Crippen LogP contribution in [0.4, 0.5) is 14.5 Å². The molecule has 2 amide bonds. The Kier molecular flexibility index (Phi) is 6.15. The first kappa shape index (κ1) is 22.5. The van der Waals surface area contributed by atoms with Gasteiger partial charge >= 0.3 is 0 Å². The van der Waals surface area contributed by atoms with Gasteiger partial charge in [0.15, 0.2) is 0 Å². The molecule has 0 radical (unpaired) electrons. The number of likely N-dealkylation sites (N-methyl/N-ethyl adjacent to an activating group) is 1. The van der Waals surface area contributed by atoms with Crippen molar-refractivity contribution in [3.05, 3.63) is 57.5 Å². The summed E-state index contributed by atoms with van der Waals surface area (Å²) in [5.41, 5.74) is -0.0627. The van der Waals surface area contributed by atoms with E-state index in [1.54, 1.807) is 34.0 Å². The quantitative estimate of drug-likeness (QED) is 0.727. The molecular weight excluding hydrogens is 408 g/mol. The Labute approximate surface area is 178 Å². The summed E-state index contributed by atoms with van der Waals surface area (Å²) in [6.07, 6.45) is 1.37. The van der Waals surface area contributed by atoms with Gasteiger partial charge in [-0.25, -0.2) is 8.78 Å². The van der Waals surface area contributed by atoms with Crippen molar-refractivity contribution in [2.45, 2.75) is 32.2 Å². The van der Waals surface area contributed by atoms with E-state index in [2.05, 4.69) is 0 Å². The normalized spacial score (nSPS) is 17.1. The number of amides is 2. The summed E-state index contributed by atoms with van der Waals surface area (Å²) in [7, 11) is 4.48. The van der Waals surface area contributed by atoms with Crippen LogP contribution >= 0.6 is 0 Å². The van der Waals surface area contributed by atoms with E-state index in [1.807, 2.05) is 0 Å². The van der Waals surface area contributed by atoms with Gasteiger partial charge in [0.2, 0.25) is 11.8 Å². The first-order chi connectivity index (χ1) is 14.6. The predicted molar refractivity (Wildman–Crippen MR) is 111 cm³/mol. The molecule has 1 aromatic carbocycles. The van der Waals surface area contributed by atoms with E-state index >= 15 is 0 Å². The van der Waals surface area contributed by atoms with Crippen LogP contribution in [0.2, 0.25) is 0 Å². The SMILES string of the molecule is COc1cc(F)c([C@H]2CC(=O)N(c3c(C)ccn(C(C)C(=O)N(C)C)c3=O)C2)c(F)c1. The second kappa shape index (κ2) is 8.49. The summed E-state index contributed by atoms with van der Waals surface area (Å²) in [4.78, 5) is 40.9. The van der Waals surface area contributed by atoms with Gasteiger partial charge in [0.25, 0.3) is 5.56 Å². The molecule has 0 saturated carbocycles. The van der Waals surface area contributed by atoms with E-state index in [-0.39, 0.29) is 35.9 Å². The lowest BCUT2D eigenvalue weighted by molar-refractivity contribution is -0.131. The van der Waals surface area contributed by atoms with Crippen molar-refractivity contribution in [1.29, 1.82) is 0 Å². The van der Waals surface area contributed by atoms with E-state index in [1.165, 1.54) is 27.7 Å². The number of aromatic nitrogens is 1. The number of carbonyl (C=O) groups is 2. The van der Waals surface area contributed by atoms with E-state index < -0.39 is 35.1 Å². The number of pyridine rings is 1. The molecule has 1 fully saturated rings. The molecule has 2 atom stereocenters. The van der Waals surface area contributed by atoms with Crippen molar-refractivity contribution in [3.8, 4) is 5.75 Å². The highest BCUT2D eigenvalue weighted by Crippen LogP contribution is 2.36. The van der Waals surface area contributed by atoms with Crippen LogP contribution in [0, 0.1) is 18.6 Å². The number of aryl methyl sites for hydroxylation is 1. The smallest absolute Gasteiger partial charge is 0.275 e. The van der Waals surface area contributed by atoms with Gasteiger partial charge in [-0.1, -0.05) is 0 Å². The maximum atomic E-state index is 14.5. The monoisotopic (exact) mass is 433 g/mol. The minimum absolute atomic E-state index is 0.0428. The van der Waals surface area contributed by atoms with Crippen molar-refractivity contribution < 1.29 is 23.1 Å². The van der Waals surface area contributed by atoms with Crippen molar-refractivity contribution >= 4 is 17.5 Å². The molecule has 31 heavy (non-hydrogen) atoms. The summed E-state index contributed by atoms with van der Waals surface area (Å²) in [5.74, 6) is -3.00. The highest BCUT2D eigenvalue weighted by atomic mass is 19.1. The van der Waals surface area contributed by atoms with Crippen LogP contribution in [0.25, 0.3) is 0 Å². The summed E-state index contributed by atoms with van der Waals surface area (Å²) in [5, 5.41) is 0. The second-order valence-corrected chi connectivity index (χ2v) is 7.88. The Balaban J connectivity index is 2.00. The zero-order chi connectivity index (χ0) is 23.0. The average Bonchev–Trinajstić information content (AvgIpc) is 3.07. The molecule has 1 saturated heterocycles. The van der Waals surface area contributed by atoms with Crippen LogP contribution in [0.1, 0.15) is 36.4 Å². The molecule has 3 rings (SSSR count). The van der Waals surface area contributed by atoms with Crippen molar-refractivity contribution in [2.24, 2.45) is 0 Å². The van der Waals surface area contributed by atoms with Gasteiger partial charge in [-0.3, -0.25) is 14.4 Å². The maximum absolute atomic E-state index is 14.5. The Morgan fingerprint density at radius 1 is 1.23 bits per heavy atom. The number of nitrogens with zero attached hydrogens (tertiary/aromatic N) is 3. The molecule has 0 aliphatic carbocycles. The third-order valence-electron chi connectivity index (χ3n) is 5.60. The highest BCUT2D eigenvalue weighted by Gasteiger charge is 2.37. The highest BCUT2D eigenvalue weighted by molar-refractivity contribution is 5.97. The van der Waals surface area contributed by atoms with Gasteiger partial charge in [0, 0.05) is 56.9 Å². The van der Waals surface area contributed by atoms with Crippen molar-refractivity contribution in [3.63, 3.8) is 0 Å². The number of benzene rings is 1. The van der Waals surface area contributed by atoms with E-state index in [4.69, 9.17) is 4.74 Å². The average molecular weight is 433 g/mol. The fraction of sp³-hybridized carbons (Fsp3) is 0.409. The van der Waals surface area contributed by atoms with Crippen LogP contribution in [0.15, 0.2) is 29.2 Å². The van der Waals surface area contributed by atoms with Gasteiger partial charge in [0.05, 0.1) is 7.11 Å². The summed E-state index contributed by atoms with van der Waals surface area (Å²) >= 11 is 0. The lowest BCUT2D eigenvalue weighted by Crippen LogP contribution is -2.39. The molecule has 1 aliphatic heterocycles. The van der Waals surface area contributed by atoms with E-state index in [0.717, 1.165) is 12.1 Å². The first-order valence-corrected chi connectivity index (χ1v) is 9.83. The summed E-state index contributed by atoms with van der Waals surface area (Å²) in [6, 6.07) is 3.01. The molecule has 0 N–H and O–H groups in total. The van der Waals surface area contributed by atoms with Crippen molar-refractivity contribution in [1.82, 2.24) is 9.47 Å². The molecule has 9 heteroatoms. The van der Waals surface area contributed by atoms with Crippen LogP contribution in [0.3, 0.4) is 0 Å². The lowest BCUT2D eigenvalue weighted by atomic mass is 9.97. The molecule has 0 spiro atoms. The Morgan fingerprint density at radius 3 is 2.39 bits per heavy atom. The third kappa shape index (κ3) is 4.04. The largest absolute Gasteiger partial charge is 0.497 e. The van der Waals surface area contributed by atoms with Crippen LogP contribution in [0.5, 0.6) is 5.75 Å². The number of anilines is 1. The van der Waals surface area contributed by atoms with Gasteiger partial charge in [-0.2, -0.15) is 0 Å². The topological polar surface area (TPSA) is 71.8 Å². The van der Waals surface area contributed by atoms with Crippen LogP contribution in [-0.2, 0) is 9.59 Å². The maximum Gasteiger partial charge on any atom is 0.275 e. The zero-order valence-corrected chi connectivity index (χ0v) is 18.1. The predicted octanol–water partition coefficient (Wildman–Crippen LogP) is 2.61. The van der Waals surface area contributed by atoms with E-state index in [9.17, 15) is 23.2 Å². The molecule has 7 nitrogen and oxygen atoms in total. The fourth-order valence-electron chi connectivity index (χ4n) is 3.94. The van der Waals surface area contributed by atoms with Crippen LogP contribution < -0.4 is 15.2 Å². The van der Waals surface area contributed by atoms with Crippen molar-refractivity contribution in [2.75, 3.05) is 32.6 Å². The lowest BCUT2D eigenvalue weighted by Gasteiger charge is -2.23. The van der Waals surface area contributed by atoms with Gasteiger partial charge in [-0.15, -0.1) is 0 Å². The minimum Gasteiger partial charge on any atom is -0.497 e. The molecule has 2 heterocycles. The number of ether oxygens (including phenoxy) is 1. The standard InChI is InChI=1S/C22H25F2N3O4/c1-12-6-7-26(13(2)21(29)25(3)4)22(30)20(12)27-11-14(8-18(27)28)19-16(23)9-15(31-5)10-17(19)24/h6-7,9-10,13-14H,8,11H2,1-5H3/t13?,14-/m0/s1. The Bertz CT molecular complexity index is 1070. The van der Waals surface area contributed by atoms with E-state index in [0.29, 0.717) is 5.56 Å². The first-order valence-electron chi connectivity index (χ1n) is 9.83. The number of carbonyl (C=O) groups excluding carboxylic acids is 2. The number of halogens is 2. The van der Waals surface area contributed by atoms with Gasteiger partial charge < -0.3 is 19.1 Å². The van der Waals surface area contributed by atoms with Gasteiger partial charge in [0.1, 0.15) is 29.1 Å². The van der Waals surface area contributed by atoms with Crippen LogP contribution in [-0.4, -0.2) is 49.0 Å². The molecule has 2 aromatic rings. The number of hydrogen-bond acceptors (Lipinski definition) is 4. The number of hydrogen-bond donors (Lipinski definition) is 0. The number of rotatable bonds is 5. The third-order valence-corrected chi connectivity index (χ3v) is 5.60. The Hall–Kier alpha value is -3.23. The minimum atomic E-state index is -0.802. The molecule has 1 aromatic heterocycles. The molecular formula is C22H25F2N3O4. The number of methoxy groups -OCH3 is 1. The van der Waals surface area contributed by atoms with Gasteiger partial charge in [-0.05, 0) is 25.5 Å². The molecule has 166 valence electrons. The summed E-state index contributed by atoms with van der Waals surface area (Å²) < 4.78 is 35.2. The molecule has 0 bridgehead atoms. The molecule has 1 aliphatic rings. The Morgan fingerprint density at radius 2 is 1.84 bits per heavy atom. The summed E-state index contributed by atoms with van der Waals surface area (Å²) in [6.45, 7) is 3.23. The fourth-order valence-corrected chi connectivity index (χ4v) is 3.94. The molecule has 1 unspecified atom stereocenters.